The van der Waals surface area contributed by atoms with Crippen molar-refractivity contribution in [3.63, 3.8) is 0 Å². The molecule has 1 aromatic carbocycles. The minimum atomic E-state index is -0.0582. The number of nitrogens with one attached hydrogen (secondary N) is 1. The van der Waals surface area contributed by atoms with Crippen molar-refractivity contribution < 1.29 is 23.7 Å². The summed E-state index contributed by atoms with van der Waals surface area (Å²) in [5, 5.41) is 3.29. The second kappa shape index (κ2) is 10.8. The summed E-state index contributed by atoms with van der Waals surface area (Å²) < 4.78 is 22.3. The lowest BCUT2D eigenvalue weighted by molar-refractivity contribution is -0.171. The number of carbonyl (C=O) groups excluding carboxylic acids is 1. The summed E-state index contributed by atoms with van der Waals surface area (Å²) in [4.78, 5) is 18.3. The first-order valence-electron chi connectivity index (χ1n) is 11.1. The molecule has 1 unspecified atom stereocenters. The van der Waals surface area contributed by atoms with E-state index in [1.54, 1.807) is 13.2 Å². The van der Waals surface area contributed by atoms with Gasteiger partial charge in [-0.25, -0.2) is 4.98 Å². The Hall–Kier alpha value is -2.68. The van der Waals surface area contributed by atoms with Crippen molar-refractivity contribution in [3.05, 3.63) is 42.1 Å². The molecule has 2 aliphatic rings. The van der Waals surface area contributed by atoms with E-state index in [4.69, 9.17) is 18.9 Å². The number of aromatic nitrogens is 1. The number of hydrogen-bond donors (Lipinski definition) is 1. The lowest BCUT2D eigenvalue weighted by Crippen LogP contribution is -2.52. The normalized spacial score (nSPS) is 18.8. The minimum absolute atomic E-state index is 0.0532. The minimum Gasteiger partial charge on any atom is -0.481 e. The smallest absolute Gasteiger partial charge is 0.215 e. The first-order chi connectivity index (χ1) is 15.6. The standard InChI is InChI=1S/C24H31N3O5/c1-17(28)21-14-25-23(29-2)13-22(21)26-18-6-8-19(9-7-18)27-15-20(16-27)30-11-12-32-24-5-3-4-10-31-24/h6-9,13-14,20,24H,3-5,10-12,15-16H2,1-2H3,(H,25,26). The first-order valence-corrected chi connectivity index (χ1v) is 11.1. The molecule has 32 heavy (non-hydrogen) atoms. The van der Waals surface area contributed by atoms with Gasteiger partial charge in [-0.15, -0.1) is 0 Å². The third kappa shape index (κ3) is 5.76. The highest BCUT2D eigenvalue weighted by molar-refractivity contribution is 6.00. The molecule has 1 atom stereocenters. The Morgan fingerprint density at radius 3 is 2.66 bits per heavy atom. The van der Waals surface area contributed by atoms with Crippen molar-refractivity contribution >= 4 is 22.8 Å². The Bertz CT molecular complexity index is 893. The van der Waals surface area contributed by atoms with Gasteiger partial charge in [-0.1, -0.05) is 0 Å². The van der Waals surface area contributed by atoms with Crippen LogP contribution in [0.1, 0.15) is 36.5 Å². The number of anilines is 3. The third-order valence-electron chi connectivity index (χ3n) is 5.71. The molecule has 3 heterocycles. The zero-order valence-corrected chi connectivity index (χ0v) is 18.7. The van der Waals surface area contributed by atoms with Gasteiger partial charge in [-0.2, -0.15) is 0 Å². The quantitative estimate of drug-likeness (QED) is 0.441. The number of pyridine rings is 1. The molecule has 1 aromatic heterocycles. The van der Waals surface area contributed by atoms with Gasteiger partial charge in [0.05, 0.1) is 37.7 Å². The number of Topliss-reactive ketones (excluding diaryl/α,β-unsaturated/α-hetero) is 1. The molecule has 2 saturated heterocycles. The number of ether oxygens (including phenoxy) is 4. The molecule has 0 aliphatic carbocycles. The van der Waals surface area contributed by atoms with Crippen LogP contribution in [0.25, 0.3) is 0 Å². The molecule has 2 aliphatic heterocycles. The Morgan fingerprint density at radius 1 is 1.19 bits per heavy atom. The van der Waals surface area contributed by atoms with E-state index in [0.29, 0.717) is 30.3 Å². The number of carbonyl (C=O) groups is 1. The van der Waals surface area contributed by atoms with Gasteiger partial charge >= 0.3 is 0 Å². The molecule has 2 fully saturated rings. The van der Waals surface area contributed by atoms with Gasteiger partial charge in [-0.3, -0.25) is 4.79 Å². The van der Waals surface area contributed by atoms with Crippen molar-refractivity contribution in [1.82, 2.24) is 4.98 Å². The van der Waals surface area contributed by atoms with Crippen LogP contribution in [0.2, 0.25) is 0 Å². The van der Waals surface area contributed by atoms with Gasteiger partial charge in [0.25, 0.3) is 0 Å². The number of benzene rings is 1. The summed E-state index contributed by atoms with van der Waals surface area (Å²) in [6.07, 6.45) is 4.98. The SMILES string of the molecule is COc1cc(Nc2ccc(N3CC(OCCOC4CCCCO4)C3)cc2)c(C(C)=O)cn1. The van der Waals surface area contributed by atoms with E-state index in [9.17, 15) is 4.79 Å². The average molecular weight is 442 g/mol. The van der Waals surface area contributed by atoms with Gasteiger partial charge in [-0.05, 0) is 50.5 Å². The van der Waals surface area contributed by atoms with Crippen LogP contribution in [-0.2, 0) is 14.2 Å². The molecule has 2 aromatic rings. The van der Waals surface area contributed by atoms with Crippen molar-refractivity contribution in [2.75, 3.05) is 50.2 Å². The molecule has 8 nitrogen and oxygen atoms in total. The lowest BCUT2D eigenvalue weighted by Gasteiger charge is -2.40. The summed E-state index contributed by atoms with van der Waals surface area (Å²) >= 11 is 0. The number of methoxy groups -OCH3 is 1. The van der Waals surface area contributed by atoms with E-state index in [1.807, 2.05) is 12.1 Å². The zero-order chi connectivity index (χ0) is 22.3. The van der Waals surface area contributed by atoms with Gasteiger partial charge < -0.3 is 29.2 Å². The number of rotatable bonds is 10. The first kappa shape index (κ1) is 22.5. The summed E-state index contributed by atoms with van der Waals surface area (Å²) in [5.74, 6) is 0.403. The molecular formula is C24H31N3O5. The largest absolute Gasteiger partial charge is 0.481 e. The summed E-state index contributed by atoms with van der Waals surface area (Å²) in [6, 6.07) is 9.85. The number of ketones is 1. The average Bonchev–Trinajstić information content (AvgIpc) is 2.79. The van der Waals surface area contributed by atoms with Crippen LogP contribution in [0, 0.1) is 0 Å². The van der Waals surface area contributed by atoms with E-state index in [2.05, 4.69) is 27.3 Å². The maximum Gasteiger partial charge on any atom is 0.215 e. The molecule has 172 valence electrons. The highest BCUT2D eigenvalue weighted by atomic mass is 16.7. The summed E-state index contributed by atoms with van der Waals surface area (Å²) in [5.41, 5.74) is 3.23. The van der Waals surface area contributed by atoms with E-state index >= 15 is 0 Å². The van der Waals surface area contributed by atoms with Gasteiger partial charge in [0.15, 0.2) is 12.1 Å². The van der Waals surface area contributed by atoms with Crippen molar-refractivity contribution in [2.24, 2.45) is 0 Å². The van der Waals surface area contributed by atoms with Crippen molar-refractivity contribution in [3.8, 4) is 5.88 Å². The summed E-state index contributed by atoms with van der Waals surface area (Å²) in [7, 11) is 1.55. The highest BCUT2D eigenvalue weighted by Gasteiger charge is 2.27. The molecule has 4 rings (SSSR count). The Balaban J connectivity index is 1.22. The van der Waals surface area contributed by atoms with Gasteiger partial charge in [0, 0.05) is 43.3 Å². The van der Waals surface area contributed by atoms with Crippen LogP contribution in [0.5, 0.6) is 5.88 Å². The highest BCUT2D eigenvalue weighted by Crippen LogP contribution is 2.28. The third-order valence-corrected chi connectivity index (χ3v) is 5.71. The Kier molecular flexibility index (Phi) is 7.57. The lowest BCUT2D eigenvalue weighted by atomic mass is 10.1. The molecule has 0 spiro atoms. The molecule has 0 amide bonds. The predicted molar refractivity (Wildman–Crippen MR) is 122 cm³/mol. The Labute approximate surface area is 188 Å². The fourth-order valence-corrected chi connectivity index (χ4v) is 3.83. The predicted octanol–water partition coefficient (Wildman–Crippen LogP) is 3.78. The monoisotopic (exact) mass is 441 g/mol. The number of hydrogen-bond acceptors (Lipinski definition) is 8. The van der Waals surface area contributed by atoms with E-state index in [-0.39, 0.29) is 18.2 Å². The zero-order valence-electron chi connectivity index (χ0n) is 18.7. The fraction of sp³-hybridized carbons (Fsp3) is 0.500. The van der Waals surface area contributed by atoms with Crippen LogP contribution < -0.4 is 15.0 Å². The van der Waals surface area contributed by atoms with Crippen LogP contribution in [0.4, 0.5) is 17.1 Å². The van der Waals surface area contributed by atoms with Crippen LogP contribution >= 0.6 is 0 Å². The van der Waals surface area contributed by atoms with E-state index in [1.165, 1.54) is 19.5 Å². The number of nitrogens with zero attached hydrogens (tertiary/aromatic N) is 2. The van der Waals surface area contributed by atoms with Crippen LogP contribution in [-0.4, -0.2) is 63.2 Å². The second-order valence-corrected chi connectivity index (χ2v) is 8.07. The van der Waals surface area contributed by atoms with Gasteiger partial charge in [0.2, 0.25) is 5.88 Å². The molecule has 8 heteroatoms. The maximum absolute atomic E-state index is 11.9. The fourth-order valence-electron chi connectivity index (χ4n) is 3.83. The second-order valence-electron chi connectivity index (χ2n) is 8.07. The molecular weight excluding hydrogens is 410 g/mol. The van der Waals surface area contributed by atoms with Crippen molar-refractivity contribution in [2.45, 2.75) is 38.6 Å². The van der Waals surface area contributed by atoms with E-state index in [0.717, 1.165) is 43.9 Å². The summed E-state index contributed by atoms with van der Waals surface area (Å²) in [6.45, 7) is 5.21. The molecule has 0 bridgehead atoms. The topological polar surface area (TPSA) is 82.2 Å². The van der Waals surface area contributed by atoms with E-state index < -0.39 is 0 Å². The van der Waals surface area contributed by atoms with Gasteiger partial charge in [0.1, 0.15) is 0 Å². The van der Waals surface area contributed by atoms with Crippen LogP contribution in [0.3, 0.4) is 0 Å². The van der Waals surface area contributed by atoms with Crippen LogP contribution in [0.15, 0.2) is 36.5 Å². The molecule has 0 saturated carbocycles. The molecule has 0 radical (unpaired) electrons. The van der Waals surface area contributed by atoms with Crippen molar-refractivity contribution in [1.29, 1.82) is 0 Å². The Morgan fingerprint density at radius 2 is 1.97 bits per heavy atom. The maximum atomic E-state index is 11.9. The molecule has 1 N–H and O–H groups in total.